The van der Waals surface area contributed by atoms with Crippen molar-refractivity contribution in [3.05, 3.63) is 53.7 Å². The fraction of sp³-hybridized carbons (Fsp3) is 0.286. The molecule has 4 nitrogen and oxygen atoms in total. The molecule has 0 bridgehead atoms. The molecule has 0 saturated heterocycles. The van der Waals surface area contributed by atoms with Crippen LogP contribution in [0.4, 0.5) is 5.69 Å². The third-order valence-electron chi connectivity index (χ3n) is 4.80. The summed E-state index contributed by atoms with van der Waals surface area (Å²) in [6, 6.07) is 13.5. The van der Waals surface area contributed by atoms with Gasteiger partial charge >= 0.3 is 0 Å². The second-order valence-electron chi connectivity index (χ2n) is 6.47. The molecule has 5 heteroatoms. The first kappa shape index (κ1) is 18.3. The quantitative estimate of drug-likeness (QED) is 0.635. The summed E-state index contributed by atoms with van der Waals surface area (Å²) >= 11 is 0. The summed E-state index contributed by atoms with van der Waals surface area (Å²) < 4.78 is 11.2. The molecule has 2 N–H and O–H groups in total. The Balaban J connectivity index is 0.00000196. The van der Waals surface area contributed by atoms with Gasteiger partial charge in [-0.05, 0) is 61.6 Å². The number of methoxy groups -OCH3 is 1. The number of aromatic nitrogens is 1. The molecule has 3 aromatic rings. The van der Waals surface area contributed by atoms with Crippen LogP contribution in [0.15, 0.2) is 42.5 Å². The van der Waals surface area contributed by atoms with Gasteiger partial charge in [0.15, 0.2) is 0 Å². The van der Waals surface area contributed by atoms with Crippen molar-refractivity contribution in [3.8, 4) is 17.2 Å². The number of hydrogen-bond acceptors (Lipinski definition) is 4. The molecule has 26 heavy (non-hydrogen) atoms. The van der Waals surface area contributed by atoms with E-state index in [4.69, 9.17) is 20.2 Å². The number of rotatable bonds is 3. The lowest BCUT2D eigenvalue weighted by Crippen LogP contribution is -2.03. The van der Waals surface area contributed by atoms with Crippen molar-refractivity contribution in [3.63, 3.8) is 0 Å². The number of nitrogens with two attached hydrogens (primary N) is 1. The van der Waals surface area contributed by atoms with Gasteiger partial charge in [-0.2, -0.15) is 0 Å². The average molecular weight is 371 g/mol. The van der Waals surface area contributed by atoms with Gasteiger partial charge in [0, 0.05) is 22.8 Å². The van der Waals surface area contributed by atoms with Crippen LogP contribution in [0.25, 0.3) is 10.9 Å². The topological polar surface area (TPSA) is 57.4 Å². The highest BCUT2D eigenvalue weighted by Crippen LogP contribution is 2.34. The van der Waals surface area contributed by atoms with Crippen molar-refractivity contribution < 1.29 is 9.47 Å². The zero-order valence-electron chi connectivity index (χ0n) is 14.8. The molecule has 0 fully saturated rings. The Kier molecular flexibility index (Phi) is 5.52. The summed E-state index contributed by atoms with van der Waals surface area (Å²) in [6.07, 6.45) is 5.67. The van der Waals surface area contributed by atoms with Crippen LogP contribution in [-0.2, 0) is 12.8 Å². The molecule has 136 valence electrons. The van der Waals surface area contributed by atoms with Gasteiger partial charge in [0.1, 0.15) is 17.2 Å². The van der Waals surface area contributed by atoms with Crippen molar-refractivity contribution >= 4 is 29.0 Å². The molecule has 0 radical (unpaired) electrons. The second kappa shape index (κ2) is 7.83. The number of anilines is 1. The summed E-state index contributed by atoms with van der Waals surface area (Å²) in [7, 11) is 1.65. The van der Waals surface area contributed by atoms with E-state index in [1.54, 1.807) is 7.11 Å². The Morgan fingerprint density at radius 1 is 0.923 bits per heavy atom. The van der Waals surface area contributed by atoms with Crippen LogP contribution in [0.1, 0.15) is 30.5 Å². The molecule has 1 heterocycles. The minimum absolute atomic E-state index is 0. The van der Waals surface area contributed by atoms with Gasteiger partial charge in [-0.1, -0.05) is 12.5 Å². The number of fused-ring (bicyclic) bond motifs is 2. The summed E-state index contributed by atoms with van der Waals surface area (Å²) in [6.45, 7) is 0. The number of hydrogen-bond donors (Lipinski definition) is 1. The van der Waals surface area contributed by atoms with E-state index in [0.29, 0.717) is 0 Å². The van der Waals surface area contributed by atoms with Crippen LogP contribution in [0.2, 0.25) is 0 Å². The average Bonchev–Trinajstić information content (AvgIpc) is 2.88. The standard InChI is InChI=1S/C21H22N2O2.ClH/c1-24-14-6-5-7-15(12-14)25-16-10-11-20-18(13-16)21(22)17-8-3-2-4-9-19(17)23-20;/h5-7,10-13H,2-4,8-9H2,1H3,(H2,22,23);1H. The van der Waals surface area contributed by atoms with Crippen molar-refractivity contribution in [2.75, 3.05) is 12.8 Å². The molecule has 0 amide bonds. The van der Waals surface area contributed by atoms with Crippen LogP contribution in [0, 0.1) is 0 Å². The maximum atomic E-state index is 6.50. The first-order chi connectivity index (χ1) is 12.2. The van der Waals surface area contributed by atoms with Gasteiger partial charge in [-0.3, -0.25) is 4.98 Å². The minimum atomic E-state index is 0. The lowest BCUT2D eigenvalue weighted by molar-refractivity contribution is 0.409. The summed E-state index contributed by atoms with van der Waals surface area (Å²) in [5.74, 6) is 2.26. The van der Waals surface area contributed by atoms with Gasteiger partial charge in [-0.25, -0.2) is 0 Å². The fourth-order valence-electron chi connectivity index (χ4n) is 3.48. The SMILES string of the molecule is COc1cccc(Oc2ccc3nc4c(c(N)c3c2)CCCCC4)c1.Cl. The van der Waals surface area contributed by atoms with Crippen molar-refractivity contribution in [2.45, 2.75) is 32.1 Å². The van der Waals surface area contributed by atoms with Crippen molar-refractivity contribution in [2.24, 2.45) is 0 Å². The van der Waals surface area contributed by atoms with Crippen LogP contribution in [-0.4, -0.2) is 12.1 Å². The Labute approximate surface area is 159 Å². The summed E-state index contributed by atoms with van der Waals surface area (Å²) in [5.41, 5.74) is 10.7. The highest BCUT2D eigenvalue weighted by molar-refractivity contribution is 5.93. The van der Waals surface area contributed by atoms with Crippen LogP contribution < -0.4 is 15.2 Å². The first-order valence-electron chi connectivity index (χ1n) is 8.77. The van der Waals surface area contributed by atoms with Gasteiger partial charge in [0.25, 0.3) is 0 Å². The third-order valence-corrected chi connectivity index (χ3v) is 4.80. The zero-order valence-corrected chi connectivity index (χ0v) is 15.6. The Morgan fingerprint density at radius 2 is 1.69 bits per heavy atom. The zero-order chi connectivity index (χ0) is 17.2. The number of pyridine rings is 1. The van der Waals surface area contributed by atoms with Gasteiger partial charge in [0.05, 0.1) is 12.6 Å². The van der Waals surface area contributed by atoms with E-state index < -0.39 is 0 Å². The number of aryl methyl sites for hydroxylation is 1. The second-order valence-corrected chi connectivity index (χ2v) is 6.47. The van der Waals surface area contributed by atoms with Crippen LogP contribution in [0.5, 0.6) is 17.2 Å². The molecule has 0 atom stereocenters. The Hall–Kier alpha value is -2.46. The molecule has 0 spiro atoms. The van der Waals surface area contributed by atoms with E-state index >= 15 is 0 Å². The molecule has 0 aliphatic heterocycles. The normalized spacial score (nSPS) is 13.4. The molecule has 0 saturated carbocycles. The molecule has 1 aromatic heterocycles. The molecule has 1 aliphatic rings. The van der Waals surface area contributed by atoms with Crippen LogP contribution in [0.3, 0.4) is 0 Å². The highest BCUT2D eigenvalue weighted by atomic mass is 35.5. The van der Waals surface area contributed by atoms with Crippen molar-refractivity contribution in [1.82, 2.24) is 4.98 Å². The number of halogens is 1. The van der Waals surface area contributed by atoms with Gasteiger partial charge in [-0.15, -0.1) is 12.4 Å². The molecule has 1 aliphatic carbocycles. The van der Waals surface area contributed by atoms with E-state index in [-0.39, 0.29) is 12.4 Å². The first-order valence-corrected chi connectivity index (χ1v) is 8.77. The monoisotopic (exact) mass is 370 g/mol. The largest absolute Gasteiger partial charge is 0.497 e. The molecule has 2 aromatic carbocycles. The van der Waals surface area contributed by atoms with Gasteiger partial charge < -0.3 is 15.2 Å². The summed E-state index contributed by atoms with van der Waals surface area (Å²) in [4.78, 5) is 4.86. The van der Waals surface area contributed by atoms with E-state index in [1.165, 1.54) is 30.5 Å². The number of nitrogens with zero attached hydrogens (tertiary/aromatic N) is 1. The highest BCUT2D eigenvalue weighted by Gasteiger charge is 2.16. The Morgan fingerprint density at radius 3 is 2.54 bits per heavy atom. The van der Waals surface area contributed by atoms with Crippen molar-refractivity contribution in [1.29, 1.82) is 0 Å². The van der Waals surface area contributed by atoms with E-state index in [0.717, 1.165) is 46.7 Å². The number of nitrogen functional groups attached to an aromatic ring is 1. The maximum absolute atomic E-state index is 6.50. The van der Waals surface area contributed by atoms with Gasteiger partial charge in [0.2, 0.25) is 0 Å². The fourth-order valence-corrected chi connectivity index (χ4v) is 3.48. The molecule has 4 rings (SSSR count). The Bertz CT molecular complexity index is 927. The molecular formula is C21H23ClN2O2. The van der Waals surface area contributed by atoms with E-state index in [2.05, 4.69) is 0 Å². The number of benzene rings is 2. The molecule has 0 unspecified atom stereocenters. The lowest BCUT2D eigenvalue weighted by atomic mass is 10.0. The van der Waals surface area contributed by atoms with E-state index in [1.807, 2.05) is 42.5 Å². The van der Waals surface area contributed by atoms with Crippen LogP contribution >= 0.6 is 12.4 Å². The van der Waals surface area contributed by atoms with E-state index in [9.17, 15) is 0 Å². The molecular weight excluding hydrogens is 348 g/mol. The lowest BCUT2D eigenvalue weighted by Gasteiger charge is -2.13. The third kappa shape index (κ3) is 3.56. The predicted octanol–water partition coefficient (Wildman–Crippen LogP) is 5.31. The summed E-state index contributed by atoms with van der Waals surface area (Å²) in [5, 5.41) is 0.973. The number of ether oxygens (including phenoxy) is 2. The maximum Gasteiger partial charge on any atom is 0.131 e. The smallest absolute Gasteiger partial charge is 0.131 e. The predicted molar refractivity (Wildman–Crippen MR) is 108 cm³/mol. The minimum Gasteiger partial charge on any atom is -0.497 e.